The van der Waals surface area contributed by atoms with Crippen LogP contribution in [0.1, 0.15) is 39.4 Å². The molecule has 1 aromatic heterocycles. The van der Waals surface area contributed by atoms with Crippen LogP contribution in [0.5, 0.6) is 0 Å². The Morgan fingerprint density at radius 2 is 2.22 bits per heavy atom. The van der Waals surface area contributed by atoms with Gasteiger partial charge in [-0.05, 0) is 13.8 Å². The van der Waals surface area contributed by atoms with E-state index >= 15 is 0 Å². The Morgan fingerprint density at radius 3 is 2.83 bits per heavy atom. The molecule has 1 saturated heterocycles. The molecule has 0 aromatic carbocycles. The predicted octanol–water partition coefficient (Wildman–Crippen LogP) is 1.51. The van der Waals surface area contributed by atoms with Crippen molar-refractivity contribution in [2.45, 2.75) is 39.2 Å². The number of nitrogens with zero attached hydrogens (tertiary/aromatic N) is 2. The summed E-state index contributed by atoms with van der Waals surface area (Å²) in [6.45, 7) is 10.3. The third kappa shape index (κ3) is 2.90. The van der Waals surface area contributed by atoms with Gasteiger partial charge >= 0.3 is 0 Å². The number of morpholine rings is 1. The third-order valence-electron chi connectivity index (χ3n) is 3.04. The van der Waals surface area contributed by atoms with Crippen LogP contribution in [-0.2, 0) is 4.74 Å². The summed E-state index contributed by atoms with van der Waals surface area (Å²) in [6.07, 6.45) is 0. The van der Waals surface area contributed by atoms with Gasteiger partial charge in [-0.3, -0.25) is 4.79 Å². The Kier molecular flexibility index (Phi) is 3.43. The van der Waals surface area contributed by atoms with Crippen LogP contribution in [0, 0.1) is 0 Å². The molecule has 1 aromatic rings. The van der Waals surface area contributed by atoms with E-state index in [1.165, 1.54) is 0 Å². The predicted molar refractivity (Wildman–Crippen MR) is 71.2 cm³/mol. The fourth-order valence-electron chi connectivity index (χ4n) is 2.11. The van der Waals surface area contributed by atoms with Crippen LogP contribution in [0.4, 0.5) is 5.82 Å². The van der Waals surface area contributed by atoms with E-state index < -0.39 is 0 Å². The molecular formula is C13H21N3O2. The molecule has 0 bridgehead atoms. The van der Waals surface area contributed by atoms with Gasteiger partial charge in [0.15, 0.2) is 0 Å². The standard InChI is InChI=1S/C13H21N3O2/c1-9(2)12-14-10(7-11(17)15-12)16-5-6-18-13(3,4)8-16/h7,9H,5-6,8H2,1-4H3,(H,14,15,17). The summed E-state index contributed by atoms with van der Waals surface area (Å²) >= 11 is 0. The number of ether oxygens (including phenoxy) is 1. The maximum absolute atomic E-state index is 11.7. The Labute approximate surface area is 107 Å². The molecule has 1 aliphatic rings. The lowest BCUT2D eigenvalue weighted by atomic mass is 10.1. The number of nitrogens with one attached hydrogen (secondary N) is 1. The SMILES string of the molecule is CC(C)c1nc(N2CCOC(C)(C)C2)cc(=O)[nH]1. The van der Waals surface area contributed by atoms with Crippen molar-refractivity contribution in [3.8, 4) is 0 Å². The van der Waals surface area contributed by atoms with Crippen molar-refractivity contribution in [2.75, 3.05) is 24.6 Å². The number of rotatable bonds is 2. The van der Waals surface area contributed by atoms with Gasteiger partial charge in [0.25, 0.3) is 5.56 Å². The molecule has 0 unspecified atom stereocenters. The summed E-state index contributed by atoms with van der Waals surface area (Å²) in [6, 6.07) is 1.56. The molecule has 2 rings (SSSR count). The molecule has 18 heavy (non-hydrogen) atoms. The van der Waals surface area contributed by atoms with Crippen molar-refractivity contribution >= 4 is 5.82 Å². The van der Waals surface area contributed by atoms with E-state index in [0.29, 0.717) is 6.61 Å². The average Bonchev–Trinajstić information content (AvgIpc) is 2.26. The summed E-state index contributed by atoms with van der Waals surface area (Å²) in [5.41, 5.74) is -0.284. The molecule has 0 radical (unpaired) electrons. The Bertz CT molecular complexity index is 479. The second-order valence-corrected chi connectivity index (χ2v) is 5.67. The van der Waals surface area contributed by atoms with Crippen molar-refractivity contribution in [3.63, 3.8) is 0 Å². The van der Waals surface area contributed by atoms with Gasteiger partial charge < -0.3 is 14.6 Å². The van der Waals surface area contributed by atoms with Gasteiger partial charge in [-0.1, -0.05) is 13.8 Å². The largest absolute Gasteiger partial charge is 0.372 e. The molecule has 1 N–H and O–H groups in total. The van der Waals surface area contributed by atoms with Crippen LogP contribution < -0.4 is 10.5 Å². The Morgan fingerprint density at radius 1 is 1.50 bits per heavy atom. The van der Waals surface area contributed by atoms with Crippen LogP contribution in [0.3, 0.4) is 0 Å². The number of hydrogen-bond donors (Lipinski definition) is 1. The number of anilines is 1. The fraction of sp³-hybridized carbons (Fsp3) is 0.692. The number of hydrogen-bond acceptors (Lipinski definition) is 4. The minimum atomic E-state index is -0.194. The maximum atomic E-state index is 11.7. The van der Waals surface area contributed by atoms with Gasteiger partial charge in [0, 0.05) is 25.1 Å². The zero-order chi connectivity index (χ0) is 13.3. The first-order valence-corrected chi connectivity index (χ1v) is 6.37. The first-order chi connectivity index (χ1) is 8.37. The fourth-order valence-corrected chi connectivity index (χ4v) is 2.11. The molecule has 2 heterocycles. The highest BCUT2D eigenvalue weighted by Crippen LogP contribution is 2.21. The molecule has 0 amide bonds. The van der Waals surface area contributed by atoms with Gasteiger partial charge in [-0.2, -0.15) is 0 Å². The van der Waals surface area contributed by atoms with E-state index in [9.17, 15) is 4.79 Å². The van der Waals surface area contributed by atoms with Gasteiger partial charge in [0.05, 0.1) is 12.2 Å². The Hall–Kier alpha value is -1.36. The van der Waals surface area contributed by atoms with Gasteiger partial charge in [-0.15, -0.1) is 0 Å². The van der Waals surface area contributed by atoms with E-state index in [1.54, 1.807) is 6.07 Å². The maximum Gasteiger partial charge on any atom is 0.252 e. The first-order valence-electron chi connectivity index (χ1n) is 6.37. The summed E-state index contributed by atoms with van der Waals surface area (Å²) in [7, 11) is 0. The van der Waals surface area contributed by atoms with Crippen LogP contribution >= 0.6 is 0 Å². The highest BCUT2D eigenvalue weighted by atomic mass is 16.5. The van der Waals surface area contributed by atoms with Gasteiger partial charge in [-0.25, -0.2) is 4.98 Å². The van der Waals surface area contributed by atoms with Crippen LogP contribution in [0.25, 0.3) is 0 Å². The molecule has 5 heteroatoms. The van der Waals surface area contributed by atoms with E-state index in [1.807, 2.05) is 13.8 Å². The highest BCUT2D eigenvalue weighted by molar-refractivity contribution is 5.38. The normalized spacial score (nSPS) is 19.3. The van der Waals surface area contributed by atoms with E-state index in [2.05, 4.69) is 28.7 Å². The minimum absolute atomic E-state index is 0.0898. The van der Waals surface area contributed by atoms with Gasteiger partial charge in [0.1, 0.15) is 11.6 Å². The smallest absolute Gasteiger partial charge is 0.252 e. The zero-order valence-electron chi connectivity index (χ0n) is 11.5. The first kappa shape index (κ1) is 13.1. The van der Waals surface area contributed by atoms with Crippen molar-refractivity contribution in [2.24, 2.45) is 0 Å². The number of aromatic nitrogens is 2. The second kappa shape index (κ2) is 4.72. The molecule has 100 valence electrons. The van der Waals surface area contributed by atoms with Crippen LogP contribution in [-0.4, -0.2) is 35.3 Å². The third-order valence-corrected chi connectivity index (χ3v) is 3.04. The molecular weight excluding hydrogens is 230 g/mol. The van der Waals surface area contributed by atoms with Crippen LogP contribution in [0.15, 0.2) is 10.9 Å². The molecule has 1 fully saturated rings. The molecule has 5 nitrogen and oxygen atoms in total. The quantitative estimate of drug-likeness (QED) is 0.865. The van der Waals surface area contributed by atoms with Crippen molar-refractivity contribution in [1.82, 2.24) is 9.97 Å². The molecule has 1 aliphatic heterocycles. The number of H-pyrrole nitrogens is 1. The highest BCUT2D eigenvalue weighted by Gasteiger charge is 2.28. The lowest BCUT2D eigenvalue weighted by Crippen LogP contribution is -2.49. The van der Waals surface area contributed by atoms with Crippen molar-refractivity contribution in [1.29, 1.82) is 0 Å². The Balaban J connectivity index is 2.30. The topological polar surface area (TPSA) is 58.2 Å². The average molecular weight is 251 g/mol. The van der Waals surface area contributed by atoms with E-state index in [4.69, 9.17) is 4.74 Å². The summed E-state index contributed by atoms with van der Waals surface area (Å²) < 4.78 is 5.67. The molecule has 0 atom stereocenters. The summed E-state index contributed by atoms with van der Waals surface area (Å²) in [5.74, 6) is 1.70. The van der Waals surface area contributed by atoms with E-state index in [0.717, 1.165) is 24.7 Å². The van der Waals surface area contributed by atoms with E-state index in [-0.39, 0.29) is 17.1 Å². The zero-order valence-corrected chi connectivity index (χ0v) is 11.5. The summed E-state index contributed by atoms with van der Waals surface area (Å²) in [5, 5.41) is 0. The van der Waals surface area contributed by atoms with Crippen LogP contribution in [0.2, 0.25) is 0 Å². The van der Waals surface area contributed by atoms with Gasteiger partial charge in [0.2, 0.25) is 0 Å². The lowest BCUT2D eigenvalue weighted by molar-refractivity contribution is -0.0279. The lowest BCUT2D eigenvalue weighted by Gasteiger charge is -2.38. The van der Waals surface area contributed by atoms with Crippen molar-refractivity contribution in [3.05, 3.63) is 22.2 Å². The van der Waals surface area contributed by atoms with Crippen molar-refractivity contribution < 1.29 is 4.74 Å². The minimum Gasteiger partial charge on any atom is -0.372 e. The summed E-state index contributed by atoms with van der Waals surface area (Å²) in [4.78, 5) is 21.1. The number of aromatic amines is 1. The molecule has 0 aliphatic carbocycles. The second-order valence-electron chi connectivity index (χ2n) is 5.67. The molecule has 0 saturated carbocycles. The monoisotopic (exact) mass is 251 g/mol. The molecule has 0 spiro atoms.